The van der Waals surface area contributed by atoms with Crippen molar-refractivity contribution in [2.45, 2.75) is 12.8 Å². The lowest BCUT2D eigenvalue weighted by Gasteiger charge is -2.03. The van der Waals surface area contributed by atoms with Crippen LogP contribution in [-0.2, 0) is 0 Å². The number of allylic oxidation sites excluding steroid dienone is 4. The summed E-state index contributed by atoms with van der Waals surface area (Å²) < 4.78 is 0. The number of nitrogens with one attached hydrogen (secondary N) is 1. The molecule has 0 amide bonds. The summed E-state index contributed by atoms with van der Waals surface area (Å²) in [5, 5.41) is 0. The lowest BCUT2D eigenvalue weighted by molar-refractivity contribution is 1.04. The molecule has 0 fully saturated rings. The van der Waals surface area contributed by atoms with Gasteiger partial charge in [-0.1, -0.05) is 18.2 Å². The van der Waals surface area contributed by atoms with Crippen molar-refractivity contribution in [2.24, 2.45) is 0 Å². The molecule has 2 aromatic heterocycles. The Kier molecular flexibility index (Phi) is 1.88. The summed E-state index contributed by atoms with van der Waals surface area (Å²) in [6.07, 6.45) is 12.3. The first kappa shape index (κ1) is 8.41. The minimum Gasteiger partial charge on any atom is -0.338 e. The second-order valence-electron chi connectivity index (χ2n) is 3.61. The highest BCUT2D eigenvalue weighted by molar-refractivity contribution is 5.82. The van der Waals surface area contributed by atoms with Gasteiger partial charge in [-0.25, -0.2) is 4.98 Å². The maximum absolute atomic E-state index is 4.25. The fourth-order valence-electron chi connectivity index (χ4n) is 1.82. The van der Waals surface area contributed by atoms with Crippen molar-refractivity contribution in [1.82, 2.24) is 15.0 Å². The molecule has 0 radical (unpaired) electrons. The number of rotatable bonds is 1. The van der Waals surface area contributed by atoms with Gasteiger partial charge in [0.1, 0.15) is 5.52 Å². The summed E-state index contributed by atoms with van der Waals surface area (Å²) in [5.41, 5.74) is 4.12. The minimum atomic E-state index is 0. The predicted molar refractivity (Wildman–Crippen MR) is 62.4 cm³/mol. The normalized spacial score (nSPS) is 15.6. The third-order valence-electron chi connectivity index (χ3n) is 2.57. The van der Waals surface area contributed by atoms with Gasteiger partial charge in [0, 0.05) is 19.5 Å². The SMILES string of the molecule is C1=CC(c2cc3nccnc3[nH]2)=CCC1.[HH]. The van der Waals surface area contributed by atoms with E-state index in [0.29, 0.717) is 0 Å². The highest BCUT2D eigenvalue weighted by atomic mass is 14.9. The molecular weight excluding hydrogens is 186 g/mol. The number of H-pyrrole nitrogens is 1. The average molecular weight is 199 g/mol. The first-order valence-electron chi connectivity index (χ1n) is 5.10. The van der Waals surface area contributed by atoms with E-state index in [1.165, 1.54) is 5.57 Å². The van der Waals surface area contributed by atoms with E-state index in [1.54, 1.807) is 12.4 Å². The molecule has 2 aromatic rings. The van der Waals surface area contributed by atoms with E-state index in [0.717, 1.165) is 29.7 Å². The number of aromatic amines is 1. The van der Waals surface area contributed by atoms with E-state index in [9.17, 15) is 0 Å². The molecule has 0 saturated carbocycles. The van der Waals surface area contributed by atoms with Crippen molar-refractivity contribution in [3.8, 4) is 0 Å². The average Bonchev–Trinajstić information content (AvgIpc) is 2.74. The number of aromatic nitrogens is 3. The Morgan fingerprint density at radius 1 is 1.20 bits per heavy atom. The van der Waals surface area contributed by atoms with Crippen LogP contribution in [0.3, 0.4) is 0 Å². The van der Waals surface area contributed by atoms with Crippen molar-refractivity contribution in [2.75, 3.05) is 0 Å². The van der Waals surface area contributed by atoms with Crippen molar-refractivity contribution in [3.63, 3.8) is 0 Å². The van der Waals surface area contributed by atoms with Crippen molar-refractivity contribution in [3.05, 3.63) is 42.4 Å². The molecule has 15 heavy (non-hydrogen) atoms. The van der Waals surface area contributed by atoms with E-state index in [2.05, 4.69) is 33.2 Å². The van der Waals surface area contributed by atoms with Crippen LogP contribution in [0.4, 0.5) is 0 Å². The number of fused-ring (bicyclic) bond motifs is 1. The molecule has 1 aliphatic carbocycles. The molecule has 0 aromatic carbocycles. The van der Waals surface area contributed by atoms with Crippen LogP contribution in [0.25, 0.3) is 16.7 Å². The van der Waals surface area contributed by atoms with Crippen LogP contribution in [0.1, 0.15) is 20.0 Å². The van der Waals surface area contributed by atoms with Crippen LogP contribution in [0, 0.1) is 0 Å². The Labute approximate surface area is 89.1 Å². The second kappa shape index (κ2) is 3.35. The summed E-state index contributed by atoms with van der Waals surface area (Å²) in [6, 6.07) is 2.05. The fourth-order valence-corrected chi connectivity index (χ4v) is 1.82. The molecule has 1 aliphatic rings. The van der Waals surface area contributed by atoms with Crippen LogP contribution < -0.4 is 0 Å². The van der Waals surface area contributed by atoms with Gasteiger partial charge in [0.25, 0.3) is 0 Å². The molecule has 76 valence electrons. The Morgan fingerprint density at radius 2 is 2.13 bits per heavy atom. The van der Waals surface area contributed by atoms with E-state index >= 15 is 0 Å². The standard InChI is InChI=1S/C12H11N3.H2/c1-2-4-9(5-3-1)10-8-11-12(15-10)14-7-6-13-11;/h2,4-8H,1,3H2,(H,14,15);1H. The van der Waals surface area contributed by atoms with Gasteiger partial charge >= 0.3 is 0 Å². The van der Waals surface area contributed by atoms with Gasteiger partial charge in [-0.15, -0.1) is 0 Å². The molecule has 1 N–H and O–H groups in total. The largest absolute Gasteiger partial charge is 0.338 e. The van der Waals surface area contributed by atoms with E-state index < -0.39 is 0 Å². The van der Waals surface area contributed by atoms with E-state index in [1.807, 2.05) is 6.07 Å². The number of hydrogen-bond donors (Lipinski definition) is 1. The minimum absolute atomic E-state index is 0. The zero-order valence-electron chi connectivity index (χ0n) is 8.27. The molecule has 0 bridgehead atoms. The lowest BCUT2D eigenvalue weighted by Crippen LogP contribution is -1.85. The van der Waals surface area contributed by atoms with E-state index in [4.69, 9.17) is 0 Å². The monoisotopic (exact) mass is 199 g/mol. The Balaban J connectivity index is 0.000000963. The number of nitrogens with zero attached hydrogens (tertiary/aromatic N) is 2. The highest BCUT2D eigenvalue weighted by Gasteiger charge is 2.06. The molecule has 0 atom stereocenters. The molecule has 0 saturated heterocycles. The molecule has 3 rings (SSSR count). The zero-order chi connectivity index (χ0) is 10.1. The molecular formula is C12H13N3. The van der Waals surface area contributed by atoms with Gasteiger partial charge in [-0.3, -0.25) is 4.98 Å². The smallest absolute Gasteiger partial charge is 0.156 e. The van der Waals surface area contributed by atoms with Crippen molar-refractivity contribution >= 4 is 16.7 Å². The van der Waals surface area contributed by atoms with Gasteiger partial charge in [-0.05, 0) is 24.5 Å². The summed E-state index contributed by atoms with van der Waals surface area (Å²) in [7, 11) is 0. The molecule has 2 heterocycles. The molecule has 0 spiro atoms. The predicted octanol–water partition coefficient (Wildman–Crippen LogP) is 2.94. The van der Waals surface area contributed by atoms with Crippen LogP contribution in [-0.4, -0.2) is 15.0 Å². The zero-order valence-corrected chi connectivity index (χ0v) is 8.27. The summed E-state index contributed by atoms with van der Waals surface area (Å²) in [5.74, 6) is 0. The molecule has 0 unspecified atom stereocenters. The quantitative estimate of drug-likeness (QED) is 0.767. The maximum atomic E-state index is 4.25. The second-order valence-corrected chi connectivity index (χ2v) is 3.61. The first-order valence-corrected chi connectivity index (χ1v) is 5.10. The van der Waals surface area contributed by atoms with Gasteiger partial charge in [0.15, 0.2) is 5.65 Å². The van der Waals surface area contributed by atoms with Gasteiger partial charge in [0.2, 0.25) is 0 Å². The fraction of sp³-hybridized carbons (Fsp3) is 0.167. The van der Waals surface area contributed by atoms with Gasteiger partial charge < -0.3 is 4.98 Å². The van der Waals surface area contributed by atoms with Crippen molar-refractivity contribution < 1.29 is 1.43 Å². The van der Waals surface area contributed by atoms with Gasteiger partial charge in [0.05, 0.1) is 0 Å². The van der Waals surface area contributed by atoms with Crippen LogP contribution in [0.2, 0.25) is 0 Å². The first-order chi connectivity index (χ1) is 7.43. The topological polar surface area (TPSA) is 41.6 Å². The summed E-state index contributed by atoms with van der Waals surface area (Å²) in [4.78, 5) is 11.8. The molecule has 3 nitrogen and oxygen atoms in total. The van der Waals surface area contributed by atoms with Gasteiger partial charge in [-0.2, -0.15) is 0 Å². The lowest BCUT2D eigenvalue weighted by atomic mass is 10.0. The Bertz CT molecular complexity index is 521. The maximum Gasteiger partial charge on any atom is 0.156 e. The van der Waals surface area contributed by atoms with E-state index in [-0.39, 0.29) is 1.43 Å². The summed E-state index contributed by atoms with van der Waals surface area (Å²) >= 11 is 0. The number of hydrogen-bond acceptors (Lipinski definition) is 2. The van der Waals surface area contributed by atoms with Crippen LogP contribution in [0.15, 0.2) is 36.7 Å². The third kappa shape index (κ3) is 1.46. The Hall–Kier alpha value is -1.90. The van der Waals surface area contributed by atoms with Crippen LogP contribution in [0.5, 0.6) is 0 Å². The third-order valence-corrected chi connectivity index (χ3v) is 2.57. The van der Waals surface area contributed by atoms with Crippen LogP contribution >= 0.6 is 0 Å². The molecule has 3 heteroatoms. The van der Waals surface area contributed by atoms with Crippen molar-refractivity contribution in [1.29, 1.82) is 0 Å². The summed E-state index contributed by atoms with van der Waals surface area (Å²) in [6.45, 7) is 0. The Morgan fingerprint density at radius 3 is 2.93 bits per heavy atom. The highest BCUT2D eigenvalue weighted by Crippen LogP contribution is 2.22. The molecule has 0 aliphatic heterocycles.